The van der Waals surface area contributed by atoms with E-state index in [-0.39, 0.29) is 5.02 Å². The molecule has 29 heavy (non-hydrogen) atoms. The highest BCUT2D eigenvalue weighted by Gasteiger charge is 2.31. The number of morpholine rings is 1. The van der Waals surface area contributed by atoms with Crippen molar-refractivity contribution >= 4 is 22.5 Å². The molecule has 0 N–H and O–H groups in total. The Morgan fingerprint density at radius 2 is 1.90 bits per heavy atom. The highest BCUT2D eigenvalue weighted by atomic mass is 35.5. The van der Waals surface area contributed by atoms with Crippen molar-refractivity contribution in [1.82, 2.24) is 14.5 Å². The lowest BCUT2D eigenvalue weighted by atomic mass is 10.1. The SMILES string of the molecule is FC(F)(F)c1cnc(-n2cc(CCCN3CCOCC3)c3ccccc32)c(Cl)c1. The number of alkyl halides is 3. The molecular weight excluding hydrogens is 403 g/mol. The topological polar surface area (TPSA) is 30.3 Å². The zero-order valence-electron chi connectivity index (χ0n) is 15.8. The van der Waals surface area contributed by atoms with Crippen LogP contribution in [-0.2, 0) is 17.3 Å². The highest BCUT2D eigenvalue weighted by molar-refractivity contribution is 6.32. The van der Waals surface area contributed by atoms with E-state index < -0.39 is 11.7 Å². The number of hydrogen-bond acceptors (Lipinski definition) is 3. The maximum absolute atomic E-state index is 12.9. The molecule has 0 radical (unpaired) electrons. The van der Waals surface area contributed by atoms with Crippen molar-refractivity contribution in [2.75, 3.05) is 32.8 Å². The zero-order valence-corrected chi connectivity index (χ0v) is 16.5. The van der Waals surface area contributed by atoms with Crippen LogP contribution in [0.4, 0.5) is 13.2 Å². The predicted molar refractivity (Wildman–Crippen MR) is 107 cm³/mol. The summed E-state index contributed by atoms with van der Waals surface area (Å²) in [6, 6.07) is 8.73. The predicted octanol–water partition coefficient (Wildman–Crippen LogP) is 4.96. The third-order valence-electron chi connectivity index (χ3n) is 5.20. The maximum atomic E-state index is 12.9. The van der Waals surface area contributed by atoms with Gasteiger partial charge in [-0.05, 0) is 37.1 Å². The van der Waals surface area contributed by atoms with Crippen LogP contribution in [0.5, 0.6) is 0 Å². The number of hydrogen-bond donors (Lipinski definition) is 0. The minimum Gasteiger partial charge on any atom is -0.379 e. The molecular formula is C21H21ClF3N3O. The summed E-state index contributed by atoms with van der Waals surface area (Å²) in [5, 5.41) is 1.03. The number of aromatic nitrogens is 2. The molecule has 3 aromatic rings. The van der Waals surface area contributed by atoms with Gasteiger partial charge in [-0.25, -0.2) is 4.98 Å². The van der Waals surface area contributed by atoms with Gasteiger partial charge >= 0.3 is 6.18 Å². The Labute approximate surface area is 171 Å². The quantitative estimate of drug-likeness (QED) is 0.581. The lowest BCUT2D eigenvalue weighted by Crippen LogP contribution is -2.36. The molecule has 8 heteroatoms. The monoisotopic (exact) mass is 423 g/mol. The summed E-state index contributed by atoms with van der Waals surface area (Å²) in [7, 11) is 0. The van der Waals surface area contributed by atoms with Crippen LogP contribution in [0.25, 0.3) is 16.7 Å². The Balaban J connectivity index is 1.60. The second-order valence-corrected chi connectivity index (χ2v) is 7.53. The average molecular weight is 424 g/mol. The summed E-state index contributed by atoms with van der Waals surface area (Å²) in [5.41, 5.74) is 1.16. The van der Waals surface area contributed by atoms with Crippen LogP contribution in [0.3, 0.4) is 0 Å². The molecule has 154 valence electrons. The van der Waals surface area contributed by atoms with Gasteiger partial charge in [0, 0.05) is 30.9 Å². The summed E-state index contributed by atoms with van der Waals surface area (Å²) in [6.07, 6.45) is 0.142. The van der Waals surface area contributed by atoms with Crippen molar-refractivity contribution in [2.45, 2.75) is 19.0 Å². The first-order valence-corrected chi connectivity index (χ1v) is 9.93. The first-order valence-electron chi connectivity index (χ1n) is 9.55. The number of pyridine rings is 1. The number of benzene rings is 1. The van der Waals surface area contributed by atoms with E-state index in [1.807, 2.05) is 30.5 Å². The molecule has 0 saturated carbocycles. The van der Waals surface area contributed by atoms with Crippen molar-refractivity contribution < 1.29 is 17.9 Å². The Bertz CT molecular complexity index is 996. The van der Waals surface area contributed by atoms with Gasteiger partial charge in [0.05, 0.1) is 29.3 Å². The van der Waals surface area contributed by atoms with Crippen molar-refractivity contribution in [3.63, 3.8) is 0 Å². The molecule has 1 saturated heterocycles. The van der Waals surface area contributed by atoms with Gasteiger partial charge in [-0.2, -0.15) is 13.2 Å². The smallest absolute Gasteiger partial charge is 0.379 e. The lowest BCUT2D eigenvalue weighted by Gasteiger charge is -2.26. The van der Waals surface area contributed by atoms with Crippen molar-refractivity contribution in [3.05, 3.63) is 58.9 Å². The summed E-state index contributed by atoms with van der Waals surface area (Å²) < 4.78 is 46.0. The van der Waals surface area contributed by atoms with E-state index in [4.69, 9.17) is 16.3 Å². The summed E-state index contributed by atoms with van der Waals surface area (Å²) >= 11 is 6.18. The summed E-state index contributed by atoms with van der Waals surface area (Å²) in [5.74, 6) is 0.301. The number of aryl methyl sites for hydroxylation is 1. The molecule has 1 fully saturated rings. The molecule has 4 nitrogen and oxygen atoms in total. The molecule has 0 bridgehead atoms. The summed E-state index contributed by atoms with van der Waals surface area (Å²) in [6.45, 7) is 4.44. The molecule has 0 atom stereocenters. The van der Waals surface area contributed by atoms with Crippen LogP contribution in [0, 0.1) is 0 Å². The van der Waals surface area contributed by atoms with E-state index in [2.05, 4.69) is 9.88 Å². The summed E-state index contributed by atoms with van der Waals surface area (Å²) in [4.78, 5) is 6.41. The van der Waals surface area contributed by atoms with Gasteiger partial charge in [-0.15, -0.1) is 0 Å². The van der Waals surface area contributed by atoms with Gasteiger partial charge < -0.3 is 4.74 Å². The molecule has 3 heterocycles. The van der Waals surface area contributed by atoms with Crippen LogP contribution >= 0.6 is 11.6 Å². The van der Waals surface area contributed by atoms with Crippen molar-refractivity contribution in [1.29, 1.82) is 0 Å². The second kappa shape index (κ2) is 8.34. The number of rotatable bonds is 5. The van der Waals surface area contributed by atoms with Gasteiger partial charge in [0.2, 0.25) is 0 Å². The van der Waals surface area contributed by atoms with Gasteiger partial charge in [0.25, 0.3) is 0 Å². The van der Waals surface area contributed by atoms with Crippen LogP contribution in [0.2, 0.25) is 5.02 Å². The van der Waals surface area contributed by atoms with Crippen molar-refractivity contribution in [3.8, 4) is 5.82 Å². The minimum absolute atomic E-state index is 0.0274. The fourth-order valence-electron chi connectivity index (χ4n) is 3.71. The van der Waals surface area contributed by atoms with Gasteiger partial charge in [0.15, 0.2) is 5.82 Å². The molecule has 1 aromatic carbocycles. The standard InChI is InChI=1S/C21H21ClF3N3O/c22-18-12-16(21(23,24)25)13-26-20(18)28-14-15(17-5-1-2-6-19(17)28)4-3-7-27-8-10-29-11-9-27/h1-2,5-6,12-14H,3-4,7-11H2. The van der Waals surface area contributed by atoms with Crippen LogP contribution < -0.4 is 0 Å². The van der Waals surface area contributed by atoms with E-state index in [1.54, 1.807) is 4.57 Å². The third-order valence-corrected chi connectivity index (χ3v) is 5.47. The van der Waals surface area contributed by atoms with E-state index in [0.29, 0.717) is 5.82 Å². The number of fused-ring (bicyclic) bond motifs is 1. The van der Waals surface area contributed by atoms with Gasteiger partial charge in [-0.3, -0.25) is 9.47 Å². The largest absolute Gasteiger partial charge is 0.417 e. The molecule has 0 spiro atoms. The number of ether oxygens (including phenoxy) is 1. The fourth-order valence-corrected chi connectivity index (χ4v) is 3.96. The average Bonchev–Trinajstić information content (AvgIpc) is 3.07. The maximum Gasteiger partial charge on any atom is 0.417 e. The van der Waals surface area contributed by atoms with Crippen LogP contribution in [-0.4, -0.2) is 47.3 Å². The number of para-hydroxylation sites is 1. The van der Waals surface area contributed by atoms with Gasteiger partial charge in [0.1, 0.15) is 0 Å². The molecule has 4 rings (SSSR count). The van der Waals surface area contributed by atoms with E-state index in [1.165, 1.54) is 0 Å². The van der Waals surface area contributed by atoms with Crippen LogP contribution in [0.1, 0.15) is 17.5 Å². The first-order chi connectivity index (χ1) is 13.9. The molecule has 1 aliphatic rings. The first kappa shape index (κ1) is 20.2. The zero-order chi connectivity index (χ0) is 20.4. The fraction of sp³-hybridized carbons (Fsp3) is 0.381. The highest BCUT2D eigenvalue weighted by Crippen LogP contribution is 2.33. The third kappa shape index (κ3) is 4.42. The van der Waals surface area contributed by atoms with Gasteiger partial charge in [-0.1, -0.05) is 29.8 Å². The minimum atomic E-state index is -4.47. The number of nitrogens with zero attached hydrogens (tertiary/aromatic N) is 3. The lowest BCUT2D eigenvalue weighted by molar-refractivity contribution is -0.137. The van der Waals surface area contributed by atoms with E-state index in [0.717, 1.165) is 74.4 Å². The Morgan fingerprint density at radius 1 is 1.14 bits per heavy atom. The second-order valence-electron chi connectivity index (χ2n) is 7.13. The normalized spacial score (nSPS) is 15.9. The number of halogens is 4. The molecule has 2 aromatic heterocycles. The van der Waals surface area contributed by atoms with Crippen LogP contribution in [0.15, 0.2) is 42.7 Å². The Morgan fingerprint density at radius 3 is 2.62 bits per heavy atom. The van der Waals surface area contributed by atoms with E-state index >= 15 is 0 Å². The molecule has 1 aliphatic heterocycles. The Kier molecular flexibility index (Phi) is 5.81. The Hall–Kier alpha value is -2.09. The molecule has 0 amide bonds. The van der Waals surface area contributed by atoms with Crippen molar-refractivity contribution in [2.24, 2.45) is 0 Å². The molecule has 0 unspecified atom stereocenters. The molecule has 0 aliphatic carbocycles. The van der Waals surface area contributed by atoms with E-state index in [9.17, 15) is 13.2 Å².